The average Bonchev–Trinajstić information content (AvgIpc) is 3.20. The molecule has 2 heterocycles. The van der Waals surface area contributed by atoms with E-state index in [0.717, 1.165) is 22.2 Å². The summed E-state index contributed by atoms with van der Waals surface area (Å²) in [4.78, 5) is 28.4. The SMILES string of the molecule is COCCN1CCN(C(=O)c2ccc(/C=C/c3n[nH]c4ccccc34)cc2)CC1=O.Cl. The molecule has 162 valence electrons. The van der Waals surface area contributed by atoms with Gasteiger partial charge in [0.2, 0.25) is 5.91 Å². The van der Waals surface area contributed by atoms with E-state index in [-0.39, 0.29) is 30.8 Å². The third kappa shape index (κ3) is 5.13. The third-order valence-corrected chi connectivity index (χ3v) is 5.26. The van der Waals surface area contributed by atoms with Crippen LogP contribution in [-0.4, -0.2) is 71.7 Å². The molecule has 0 saturated carbocycles. The van der Waals surface area contributed by atoms with Crippen molar-refractivity contribution in [3.8, 4) is 0 Å². The number of aromatic amines is 1. The van der Waals surface area contributed by atoms with Crippen LogP contribution in [0, 0.1) is 0 Å². The molecule has 7 nitrogen and oxygen atoms in total. The molecule has 0 atom stereocenters. The Morgan fingerprint density at radius 2 is 1.90 bits per heavy atom. The van der Waals surface area contributed by atoms with Crippen molar-refractivity contribution < 1.29 is 14.3 Å². The second kappa shape index (κ2) is 10.2. The number of fused-ring (bicyclic) bond motifs is 1. The molecule has 1 fully saturated rings. The number of ether oxygens (including phenoxy) is 1. The molecular weight excluding hydrogens is 416 g/mol. The van der Waals surface area contributed by atoms with E-state index in [1.54, 1.807) is 29.0 Å². The summed E-state index contributed by atoms with van der Waals surface area (Å²) in [5.41, 5.74) is 3.42. The highest BCUT2D eigenvalue weighted by Crippen LogP contribution is 2.18. The monoisotopic (exact) mass is 440 g/mol. The molecule has 1 saturated heterocycles. The molecule has 2 amide bonds. The molecule has 4 rings (SSSR count). The molecule has 0 bridgehead atoms. The first-order chi connectivity index (χ1) is 14.7. The minimum Gasteiger partial charge on any atom is -0.383 e. The Bertz CT molecular complexity index is 1080. The van der Waals surface area contributed by atoms with Crippen LogP contribution in [-0.2, 0) is 9.53 Å². The predicted molar refractivity (Wildman–Crippen MR) is 123 cm³/mol. The number of nitrogens with one attached hydrogen (secondary N) is 1. The molecule has 3 aromatic rings. The molecule has 31 heavy (non-hydrogen) atoms. The Hall–Kier alpha value is -3.16. The zero-order valence-electron chi connectivity index (χ0n) is 17.3. The number of amides is 2. The number of aromatic nitrogens is 2. The summed E-state index contributed by atoms with van der Waals surface area (Å²) in [5, 5.41) is 8.41. The van der Waals surface area contributed by atoms with Gasteiger partial charge in [-0.15, -0.1) is 12.4 Å². The van der Waals surface area contributed by atoms with Crippen LogP contribution in [0.3, 0.4) is 0 Å². The number of carbonyl (C=O) groups excluding carboxylic acids is 2. The summed E-state index contributed by atoms with van der Waals surface area (Å²) in [5.74, 6) is -0.166. The van der Waals surface area contributed by atoms with Crippen LogP contribution in [0.2, 0.25) is 0 Å². The maximum Gasteiger partial charge on any atom is 0.254 e. The number of para-hydroxylation sites is 1. The second-order valence-electron chi connectivity index (χ2n) is 7.21. The smallest absolute Gasteiger partial charge is 0.254 e. The van der Waals surface area contributed by atoms with Crippen molar-refractivity contribution >= 4 is 47.3 Å². The van der Waals surface area contributed by atoms with Gasteiger partial charge in [-0.1, -0.05) is 36.4 Å². The van der Waals surface area contributed by atoms with E-state index in [4.69, 9.17) is 4.74 Å². The molecule has 1 N–H and O–H groups in total. The van der Waals surface area contributed by atoms with Crippen LogP contribution in [0.4, 0.5) is 0 Å². The first-order valence-corrected chi connectivity index (χ1v) is 9.93. The van der Waals surface area contributed by atoms with Crippen LogP contribution >= 0.6 is 12.4 Å². The maximum absolute atomic E-state index is 12.8. The van der Waals surface area contributed by atoms with E-state index in [0.29, 0.717) is 31.8 Å². The van der Waals surface area contributed by atoms with Crippen molar-refractivity contribution in [3.63, 3.8) is 0 Å². The summed E-state index contributed by atoms with van der Waals surface area (Å²) in [6, 6.07) is 15.4. The fourth-order valence-electron chi connectivity index (χ4n) is 3.53. The van der Waals surface area contributed by atoms with Crippen LogP contribution in [0.25, 0.3) is 23.1 Å². The molecule has 1 aliphatic heterocycles. The van der Waals surface area contributed by atoms with Gasteiger partial charge in [0.05, 0.1) is 17.8 Å². The van der Waals surface area contributed by atoms with Gasteiger partial charge in [-0.3, -0.25) is 14.7 Å². The van der Waals surface area contributed by atoms with Crippen molar-refractivity contribution in [1.82, 2.24) is 20.0 Å². The number of hydrogen-bond donors (Lipinski definition) is 1. The van der Waals surface area contributed by atoms with E-state index in [1.165, 1.54) is 0 Å². The van der Waals surface area contributed by atoms with E-state index >= 15 is 0 Å². The number of rotatable bonds is 6. The number of carbonyl (C=O) groups is 2. The van der Waals surface area contributed by atoms with Crippen molar-refractivity contribution in [3.05, 3.63) is 65.4 Å². The standard InChI is InChI=1S/C23H24N4O3.ClH/c1-30-15-14-26-12-13-27(16-22(26)28)23(29)18-9-6-17(7-10-18)8-11-21-19-4-2-3-5-20(19)24-25-21;/h2-11H,12-16H2,1H3,(H,24,25);1H/b11-8+;. The largest absolute Gasteiger partial charge is 0.383 e. The van der Waals surface area contributed by atoms with E-state index in [1.807, 2.05) is 48.6 Å². The Kier molecular flexibility index (Phi) is 7.44. The highest BCUT2D eigenvalue weighted by Gasteiger charge is 2.27. The molecule has 0 spiro atoms. The second-order valence-corrected chi connectivity index (χ2v) is 7.21. The van der Waals surface area contributed by atoms with Gasteiger partial charge in [0.1, 0.15) is 6.54 Å². The average molecular weight is 441 g/mol. The summed E-state index contributed by atoms with van der Waals surface area (Å²) < 4.78 is 5.03. The minimum atomic E-state index is -0.122. The van der Waals surface area contributed by atoms with Gasteiger partial charge in [0, 0.05) is 37.7 Å². The minimum absolute atomic E-state index is 0. The van der Waals surface area contributed by atoms with Gasteiger partial charge in [-0.05, 0) is 29.8 Å². The lowest BCUT2D eigenvalue weighted by Gasteiger charge is -2.34. The van der Waals surface area contributed by atoms with Crippen LogP contribution in [0.1, 0.15) is 21.6 Å². The highest BCUT2D eigenvalue weighted by atomic mass is 35.5. The van der Waals surface area contributed by atoms with Gasteiger partial charge in [0.15, 0.2) is 0 Å². The Balaban J connectivity index is 0.00000272. The molecule has 1 aliphatic rings. The number of hydrogen-bond acceptors (Lipinski definition) is 4. The Morgan fingerprint density at radius 3 is 2.65 bits per heavy atom. The number of piperazine rings is 1. The lowest BCUT2D eigenvalue weighted by Crippen LogP contribution is -2.52. The van der Waals surface area contributed by atoms with E-state index < -0.39 is 0 Å². The van der Waals surface area contributed by atoms with Gasteiger partial charge in [-0.2, -0.15) is 5.10 Å². The van der Waals surface area contributed by atoms with Crippen LogP contribution in [0.15, 0.2) is 48.5 Å². The molecule has 0 radical (unpaired) electrons. The topological polar surface area (TPSA) is 78.5 Å². The molecule has 0 unspecified atom stereocenters. The van der Waals surface area contributed by atoms with Gasteiger partial charge >= 0.3 is 0 Å². The van der Waals surface area contributed by atoms with Crippen molar-refractivity contribution in [2.45, 2.75) is 0 Å². The Labute approximate surface area is 187 Å². The fraction of sp³-hybridized carbons (Fsp3) is 0.261. The van der Waals surface area contributed by atoms with Gasteiger partial charge < -0.3 is 14.5 Å². The normalized spacial score (nSPS) is 14.3. The first-order valence-electron chi connectivity index (χ1n) is 9.93. The van der Waals surface area contributed by atoms with E-state index in [2.05, 4.69) is 10.2 Å². The van der Waals surface area contributed by atoms with Crippen LogP contribution < -0.4 is 0 Å². The summed E-state index contributed by atoms with van der Waals surface area (Å²) in [6.45, 7) is 2.23. The third-order valence-electron chi connectivity index (χ3n) is 5.26. The summed E-state index contributed by atoms with van der Waals surface area (Å²) >= 11 is 0. The Morgan fingerprint density at radius 1 is 1.13 bits per heavy atom. The number of nitrogens with zero attached hydrogens (tertiary/aromatic N) is 3. The lowest BCUT2D eigenvalue weighted by atomic mass is 10.1. The van der Waals surface area contributed by atoms with Crippen molar-refractivity contribution in [2.75, 3.05) is 39.9 Å². The quantitative estimate of drug-likeness (QED) is 0.638. The predicted octanol–water partition coefficient (Wildman–Crippen LogP) is 3.09. The maximum atomic E-state index is 12.8. The van der Waals surface area contributed by atoms with E-state index in [9.17, 15) is 9.59 Å². The van der Waals surface area contributed by atoms with Crippen molar-refractivity contribution in [1.29, 1.82) is 0 Å². The fourth-order valence-corrected chi connectivity index (χ4v) is 3.53. The van der Waals surface area contributed by atoms with Crippen molar-refractivity contribution in [2.24, 2.45) is 0 Å². The summed E-state index contributed by atoms with van der Waals surface area (Å²) in [7, 11) is 1.61. The molecule has 8 heteroatoms. The molecule has 2 aromatic carbocycles. The number of halogens is 1. The molecule has 0 aliphatic carbocycles. The number of benzene rings is 2. The molecule has 1 aromatic heterocycles. The van der Waals surface area contributed by atoms with Gasteiger partial charge in [0.25, 0.3) is 5.91 Å². The lowest BCUT2D eigenvalue weighted by molar-refractivity contribution is -0.135. The number of H-pyrrole nitrogens is 1. The first kappa shape index (κ1) is 22.5. The van der Waals surface area contributed by atoms with Gasteiger partial charge in [-0.25, -0.2) is 0 Å². The highest BCUT2D eigenvalue weighted by molar-refractivity contribution is 5.97. The zero-order valence-corrected chi connectivity index (χ0v) is 18.1. The number of methoxy groups -OCH3 is 1. The zero-order chi connectivity index (χ0) is 20.9. The summed E-state index contributed by atoms with van der Waals surface area (Å²) in [6.07, 6.45) is 3.92. The molecular formula is C23H25ClN4O3. The van der Waals surface area contributed by atoms with Crippen LogP contribution in [0.5, 0.6) is 0 Å².